The number of nitrogens with two attached hydrogens (primary N) is 2. The molecule has 16 nitrogen and oxygen atoms in total. The minimum atomic E-state index is -3.18. The summed E-state index contributed by atoms with van der Waals surface area (Å²) in [6.45, 7) is 4.56. The number of primary amides is 1. The lowest BCUT2D eigenvalue weighted by Crippen LogP contribution is -2.68. The number of esters is 2. The van der Waals surface area contributed by atoms with Gasteiger partial charge in [-0.3, -0.25) is 19.2 Å². The van der Waals surface area contributed by atoms with Gasteiger partial charge < -0.3 is 46.3 Å². The summed E-state index contributed by atoms with van der Waals surface area (Å²) in [5.41, 5.74) is 13.7. The highest BCUT2D eigenvalue weighted by Gasteiger charge is 2.57. The first-order valence-corrected chi connectivity index (χ1v) is 34.0. The van der Waals surface area contributed by atoms with E-state index in [1.165, 1.54) is 35.8 Å². The summed E-state index contributed by atoms with van der Waals surface area (Å²) in [4.78, 5) is 98.9. The summed E-state index contributed by atoms with van der Waals surface area (Å²) in [7, 11) is 0. The zero-order chi connectivity index (χ0) is 66.2. The van der Waals surface area contributed by atoms with Crippen LogP contribution in [0.25, 0.3) is 0 Å². The molecule has 8 aromatic rings. The van der Waals surface area contributed by atoms with Crippen LogP contribution in [0.2, 0.25) is 0 Å². The number of benzene rings is 8. The van der Waals surface area contributed by atoms with E-state index >= 15 is 0 Å². The van der Waals surface area contributed by atoms with Crippen molar-refractivity contribution < 1.29 is 53.2 Å². The number of urea groups is 1. The molecule has 0 spiro atoms. The third-order valence-electron chi connectivity index (χ3n) is 16.6. The standard InChI is InChI=1S/C38H38N3O6P.C37H37N2O5P/c1-3-23-47-37(45)36(48(29-13-7-4-8-14-29,30-15-9-5-10-16-30)31-17-11-6-12-18-31)41-32(34(26(2)42)35(41)44)24-33(43)28-21-19-27(20-22-28)25-40-38(39)46;1-3-23-44-37(43)36(39-32(34(26(2)40)35(39)42)24-33(41)28-21-19-27(25-38)20-22-28)45(29-13-7-4-8-14-29,30-15-9-5-10-16-30)31-17-11-6-12-18-31/h3-22,26,32,34,42H,1,23-25H2,2H3,(H3,39,40,46);3-22,26,32,34,40H,1,23-25,38H2,2H3/t2*26-,32-,34-/m11/s1. The lowest BCUT2D eigenvalue weighted by molar-refractivity contribution is -0.157. The van der Waals surface area contributed by atoms with Crippen molar-refractivity contribution in [1.29, 1.82) is 0 Å². The Labute approximate surface area is 542 Å². The monoisotopic (exact) mass is 1280 g/mol. The Balaban J connectivity index is 0.000000220. The molecule has 2 saturated heterocycles. The molecule has 0 radical (unpaired) electrons. The molecular weight excluding hydrogens is 1210 g/mol. The number of aliphatic hydroxyl groups excluding tert-OH is 2. The fourth-order valence-corrected chi connectivity index (χ4v) is 21.1. The van der Waals surface area contributed by atoms with Crippen LogP contribution in [-0.2, 0) is 41.7 Å². The maximum absolute atomic E-state index is 14.5. The lowest BCUT2D eigenvalue weighted by Gasteiger charge is -2.50. The Morgan fingerprint density at radius 1 is 0.484 bits per heavy atom. The topological polar surface area (TPSA) is 249 Å². The maximum Gasteiger partial charge on any atom is 0.356 e. The van der Waals surface area contributed by atoms with Crippen molar-refractivity contribution in [3.63, 3.8) is 0 Å². The van der Waals surface area contributed by atoms with E-state index in [0.717, 1.165) is 43.0 Å². The van der Waals surface area contributed by atoms with Gasteiger partial charge in [-0.25, -0.2) is 14.4 Å². The molecule has 2 fully saturated rings. The van der Waals surface area contributed by atoms with Gasteiger partial charge in [-0.15, -0.1) is 0 Å². The van der Waals surface area contributed by atoms with Gasteiger partial charge in [-0.05, 0) is 56.8 Å². The number of hydrogen-bond acceptors (Lipinski definition) is 12. The van der Waals surface area contributed by atoms with Crippen molar-refractivity contribution >= 4 is 97.8 Å². The smallest absolute Gasteiger partial charge is 0.356 e. The molecule has 0 unspecified atom stereocenters. The summed E-state index contributed by atoms with van der Waals surface area (Å²) in [6, 6.07) is 69.0. The van der Waals surface area contributed by atoms with Gasteiger partial charge in [0.2, 0.25) is 11.8 Å². The second-order valence-electron chi connectivity index (χ2n) is 22.4. The first-order chi connectivity index (χ1) is 45.0. The first kappa shape index (κ1) is 67.6. The largest absolute Gasteiger partial charge is 0.457 e. The van der Waals surface area contributed by atoms with E-state index in [4.69, 9.17) is 20.9 Å². The summed E-state index contributed by atoms with van der Waals surface area (Å²) < 4.78 is 11.5. The van der Waals surface area contributed by atoms with Gasteiger partial charge in [0.05, 0.1) is 36.1 Å². The Kier molecular flexibility index (Phi) is 22.5. The van der Waals surface area contributed by atoms with Crippen molar-refractivity contribution in [3.8, 4) is 0 Å². The van der Waals surface area contributed by atoms with E-state index in [0.29, 0.717) is 17.7 Å². The van der Waals surface area contributed by atoms with Crippen molar-refractivity contribution in [2.24, 2.45) is 23.3 Å². The zero-order valence-corrected chi connectivity index (χ0v) is 53.5. The van der Waals surface area contributed by atoms with Gasteiger partial charge in [0.15, 0.2) is 11.6 Å². The van der Waals surface area contributed by atoms with Gasteiger partial charge >= 0.3 is 18.0 Å². The van der Waals surface area contributed by atoms with Gasteiger partial charge in [-0.2, -0.15) is 0 Å². The number of Topliss-reactive ketones (excluding diaryl/α,β-unsaturated/α-hetero) is 2. The predicted octanol–water partition coefficient (Wildman–Crippen LogP) is 7.27. The number of hydrogen-bond donors (Lipinski definition) is 5. The summed E-state index contributed by atoms with van der Waals surface area (Å²) in [6.07, 6.45) is 0.554. The normalized spacial score (nSPS) is 16.5. The quantitative estimate of drug-likeness (QED) is 0.0125. The molecule has 476 valence electrons. The molecule has 7 N–H and O–H groups in total. The highest BCUT2D eigenvalue weighted by molar-refractivity contribution is 7.97. The number of amides is 4. The van der Waals surface area contributed by atoms with Crippen molar-refractivity contribution in [2.45, 2.75) is 64.1 Å². The number of nitrogens with zero attached hydrogens (tertiary/aromatic N) is 2. The van der Waals surface area contributed by atoms with Gasteiger partial charge in [0.1, 0.15) is 24.0 Å². The molecule has 8 aromatic carbocycles. The van der Waals surface area contributed by atoms with Crippen LogP contribution in [0, 0.1) is 11.8 Å². The molecule has 2 aliphatic rings. The zero-order valence-electron chi connectivity index (χ0n) is 51.7. The summed E-state index contributed by atoms with van der Waals surface area (Å²) in [5, 5.41) is 29.1. The van der Waals surface area contributed by atoms with E-state index in [-0.39, 0.29) is 55.0 Å². The minimum absolute atomic E-state index is 0.0698. The number of carbonyl (C=O) groups excluding carboxylic acids is 7. The Morgan fingerprint density at radius 3 is 1.01 bits per heavy atom. The van der Waals surface area contributed by atoms with Crippen LogP contribution < -0.4 is 48.6 Å². The van der Waals surface area contributed by atoms with Crippen LogP contribution in [0.15, 0.2) is 256 Å². The van der Waals surface area contributed by atoms with Crippen LogP contribution in [0.3, 0.4) is 0 Å². The third-order valence-corrected chi connectivity index (χ3v) is 25.1. The number of rotatable bonds is 25. The Morgan fingerprint density at radius 2 is 0.763 bits per heavy atom. The van der Waals surface area contributed by atoms with E-state index in [1.807, 2.05) is 182 Å². The van der Waals surface area contributed by atoms with Crippen molar-refractivity contribution in [3.05, 3.63) is 278 Å². The fourth-order valence-electron chi connectivity index (χ4n) is 12.3. The average Bonchev–Trinajstić information content (AvgIpc) is 0.712. The molecule has 6 atom stereocenters. The van der Waals surface area contributed by atoms with Gasteiger partial charge in [-0.1, -0.05) is 256 Å². The minimum Gasteiger partial charge on any atom is -0.457 e. The number of β-lactam (4-membered cyclic amide) rings is 2. The molecule has 2 heterocycles. The highest BCUT2D eigenvalue weighted by Crippen LogP contribution is 2.52. The van der Waals surface area contributed by atoms with Gasteiger partial charge in [0.25, 0.3) is 0 Å². The maximum atomic E-state index is 14.5. The van der Waals surface area contributed by atoms with Crippen LogP contribution in [-0.4, -0.2) is 110 Å². The van der Waals surface area contributed by atoms with Crippen LogP contribution in [0.5, 0.6) is 0 Å². The van der Waals surface area contributed by atoms with Crippen LogP contribution in [0.4, 0.5) is 4.79 Å². The lowest BCUT2D eigenvalue weighted by atomic mass is 9.79. The number of ketones is 2. The number of aliphatic hydroxyl groups is 2. The molecule has 0 saturated carbocycles. The Hall–Kier alpha value is -9.79. The van der Waals surface area contributed by atoms with Crippen LogP contribution >= 0.6 is 13.8 Å². The number of ether oxygens (including phenoxy) is 2. The van der Waals surface area contributed by atoms with E-state index in [2.05, 4.69) is 18.5 Å². The second kappa shape index (κ2) is 31.0. The SMILES string of the molecule is C=CCOC(=O)C(N1C(=O)[C@H]([C@@H](C)O)[C@H]1CC(=O)c1ccc(CN)cc1)=P(c1ccccc1)(c1ccccc1)c1ccccc1.C=CCOC(=O)C(N1C(=O)[C@H]([C@@H](C)O)[C@H]1CC(=O)c1ccc(CNC(N)=O)cc1)=P(c1ccccc1)(c1ccccc1)c1ccccc1. The molecular formula is C75H75N5O11P2. The number of likely N-dealkylation sites (tertiary alicyclic amines) is 2. The molecule has 0 aliphatic carbocycles. The predicted molar refractivity (Wildman–Crippen MR) is 369 cm³/mol. The van der Waals surface area contributed by atoms with Crippen LogP contribution in [0.1, 0.15) is 58.5 Å². The first-order valence-electron chi connectivity index (χ1n) is 30.5. The number of carbonyl (C=O) groups is 7. The molecule has 2 aliphatic heterocycles. The summed E-state index contributed by atoms with van der Waals surface area (Å²) in [5.74, 6) is -4.59. The van der Waals surface area contributed by atoms with E-state index in [1.54, 1.807) is 48.5 Å². The fraction of sp³-hybridized carbons (Fsp3) is 0.187. The van der Waals surface area contributed by atoms with Crippen molar-refractivity contribution in [1.82, 2.24) is 15.1 Å². The third kappa shape index (κ3) is 14.2. The molecule has 0 bridgehead atoms. The van der Waals surface area contributed by atoms with E-state index in [9.17, 15) is 43.8 Å². The molecule has 10 rings (SSSR count). The molecule has 93 heavy (non-hydrogen) atoms. The molecule has 4 amide bonds. The highest BCUT2D eigenvalue weighted by atomic mass is 31.2. The Bertz CT molecular complexity index is 3890. The van der Waals surface area contributed by atoms with Crippen molar-refractivity contribution in [2.75, 3.05) is 13.2 Å². The second-order valence-corrected chi connectivity index (χ2v) is 29.1. The average molecular weight is 1280 g/mol. The molecule has 0 aromatic heterocycles. The van der Waals surface area contributed by atoms with E-state index < -0.39 is 79.7 Å². The number of nitrogens with one attached hydrogen (secondary N) is 1. The van der Waals surface area contributed by atoms with Gasteiger partial charge in [0, 0.05) is 50.8 Å². The summed E-state index contributed by atoms with van der Waals surface area (Å²) >= 11 is 0. The molecule has 18 heteroatoms.